The van der Waals surface area contributed by atoms with Gasteiger partial charge in [0.2, 0.25) is 0 Å². The van der Waals surface area contributed by atoms with Crippen LogP contribution in [0.2, 0.25) is 0 Å². The number of H-pyrrole nitrogens is 1. The molecule has 1 amide bonds. The fraction of sp³-hybridized carbons (Fsp3) is 0.154. The second kappa shape index (κ2) is 4.24. The summed E-state index contributed by atoms with van der Waals surface area (Å²) in [5, 5.41) is 14.7. The highest BCUT2D eigenvalue weighted by molar-refractivity contribution is 6.11. The van der Waals surface area contributed by atoms with Crippen molar-refractivity contribution in [1.82, 2.24) is 20.0 Å². The van der Waals surface area contributed by atoms with Gasteiger partial charge < -0.3 is 5.32 Å². The summed E-state index contributed by atoms with van der Waals surface area (Å²) in [7, 11) is 1.79. The number of aryl methyl sites for hydroxylation is 2. The number of nitrogens with zero attached hydrogens (tertiary/aromatic N) is 3. The van der Waals surface area contributed by atoms with Crippen molar-refractivity contribution in [2.75, 3.05) is 5.32 Å². The minimum absolute atomic E-state index is 0.183. The number of nitrogens with one attached hydrogen (secondary N) is 2. The lowest BCUT2D eigenvalue weighted by Gasteiger charge is -2.05. The van der Waals surface area contributed by atoms with Gasteiger partial charge in [0.15, 0.2) is 0 Å². The van der Waals surface area contributed by atoms with E-state index in [4.69, 9.17) is 0 Å². The standard InChI is InChI=1S/C13H13N5O/c1-8-6-11(18(2)17-8)15-13(19)10-5-3-4-9-7-14-16-12(9)10/h3-7H,1-2H3,(H,14,16)(H,15,19). The number of para-hydroxylation sites is 1. The summed E-state index contributed by atoms with van der Waals surface area (Å²) in [6.45, 7) is 1.88. The molecule has 0 aliphatic heterocycles. The fourth-order valence-corrected chi connectivity index (χ4v) is 2.07. The van der Waals surface area contributed by atoms with Gasteiger partial charge in [0, 0.05) is 18.5 Å². The van der Waals surface area contributed by atoms with E-state index in [1.54, 1.807) is 24.0 Å². The third-order valence-corrected chi connectivity index (χ3v) is 2.96. The van der Waals surface area contributed by atoms with Gasteiger partial charge >= 0.3 is 0 Å². The SMILES string of the molecule is Cc1cc(NC(=O)c2cccc3cn[nH]c23)n(C)n1. The van der Waals surface area contributed by atoms with Gasteiger partial charge in [0.1, 0.15) is 5.82 Å². The Labute approximate surface area is 109 Å². The predicted molar refractivity (Wildman–Crippen MR) is 72.0 cm³/mol. The summed E-state index contributed by atoms with van der Waals surface area (Å²) in [5.74, 6) is 0.483. The maximum atomic E-state index is 12.3. The highest BCUT2D eigenvalue weighted by Gasteiger charge is 2.13. The van der Waals surface area contributed by atoms with Crippen LogP contribution in [-0.4, -0.2) is 25.9 Å². The Balaban J connectivity index is 1.96. The first-order valence-corrected chi connectivity index (χ1v) is 5.89. The summed E-state index contributed by atoms with van der Waals surface area (Å²) in [6.07, 6.45) is 1.69. The predicted octanol–water partition coefficient (Wildman–Crippen LogP) is 1.86. The van der Waals surface area contributed by atoms with Gasteiger partial charge in [-0.2, -0.15) is 10.2 Å². The average Bonchev–Trinajstić information content (AvgIpc) is 2.95. The zero-order valence-corrected chi connectivity index (χ0v) is 10.6. The molecule has 3 aromatic rings. The van der Waals surface area contributed by atoms with Crippen LogP contribution in [0.25, 0.3) is 10.9 Å². The Morgan fingerprint density at radius 3 is 3.00 bits per heavy atom. The molecule has 2 aromatic heterocycles. The molecule has 0 aliphatic rings. The normalized spacial score (nSPS) is 10.8. The molecule has 0 saturated heterocycles. The van der Waals surface area contributed by atoms with Gasteiger partial charge in [-0.15, -0.1) is 0 Å². The van der Waals surface area contributed by atoms with Crippen molar-refractivity contribution < 1.29 is 4.79 Å². The number of benzene rings is 1. The monoisotopic (exact) mass is 255 g/mol. The molecule has 6 nitrogen and oxygen atoms in total. The van der Waals surface area contributed by atoms with E-state index < -0.39 is 0 Å². The molecule has 0 atom stereocenters. The van der Waals surface area contributed by atoms with E-state index in [1.165, 1.54) is 0 Å². The van der Waals surface area contributed by atoms with Crippen LogP contribution in [0.15, 0.2) is 30.5 Å². The van der Waals surface area contributed by atoms with Gasteiger partial charge in [-0.3, -0.25) is 14.6 Å². The lowest BCUT2D eigenvalue weighted by Crippen LogP contribution is -2.15. The molecule has 0 bridgehead atoms. The van der Waals surface area contributed by atoms with Crippen LogP contribution in [0.5, 0.6) is 0 Å². The van der Waals surface area contributed by atoms with Crippen LogP contribution in [0.1, 0.15) is 16.1 Å². The molecule has 1 aromatic carbocycles. The van der Waals surface area contributed by atoms with Crippen molar-refractivity contribution in [3.05, 3.63) is 41.7 Å². The second-order valence-corrected chi connectivity index (χ2v) is 4.39. The number of hydrogen-bond donors (Lipinski definition) is 2. The second-order valence-electron chi connectivity index (χ2n) is 4.39. The molecule has 0 fully saturated rings. The summed E-state index contributed by atoms with van der Waals surface area (Å²) >= 11 is 0. The molecule has 0 spiro atoms. The summed E-state index contributed by atoms with van der Waals surface area (Å²) in [5.41, 5.74) is 2.16. The van der Waals surface area contributed by atoms with Gasteiger partial charge in [-0.25, -0.2) is 0 Å². The van der Waals surface area contributed by atoms with Crippen molar-refractivity contribution in [3.8, 4) is 0 Å². The van der Waals surface area contributed by atoms with Crippen LogP contribution >= 0.6 is 0 Å². The Kier molecular flexibility index (Phi) is 2.56. The van der Waals surface area contributed by atoms with E-state index in [0.29, 0.717) is 11.4 Å². The number of amides is 1. The molecule has 2 heterocycles. The minimum atomic E-state index is -0.183. The molecule has 2 N–H and O–H groups in total. The molecule has 0 radical (unpaired) electrons. The Bertz CT molecular complexity index is 755. The number of rotatable bonds is 2. The van der Waals surface area contributed by atoms with Crippen LogP contribution in [0.3, 0.4) is 0 Å². The third-order valence-electron chi connectivity index (χ3n) is 2.96. The fourth-order valence-electron chi connectivity index (χ4n) is 2.07. The van der Waals surface area contributed by atoms with Crippen molar-refractivity contribution in [2.24, 2.45) is 7.05 Å². The molecular formula is C13H13N5O. The molecule has 96 valence electrons. The number of carbonyl (C=O) groups is 1. The Hall–Kier alpha value is -2.63. The number of fused-ring (bicyclic) bond motifs is 1. The molecule has 6 heteroatoms. The van der Waals surface area contributed by atoms with Gasteiger partial charge in [-0.05, 0) is 13.0 Å². The van der Waals surface area contributed by atoms with E-state index in [-0.39, 0.29) is 5.91 Å². The van der Waals surface area contributed by atoms with Crippen LogP contribution in [0, 0.1) is 6.92 Å². The van der Waals surface area contributed by atoms with Crippen molar-refractivity contribution in [3.63, 3.8) is 0 Å². The number of aromatic amines is 1. The van der Waals surface area contributed by atoms with E-state index >= 15 is 0 Å². The van der Waals surface area contributed by atoms with E-state index in [2.05, 4.69) is 20.6 Å². The van der Waals surface area contributed by atoms with Crippen molar-refractivity contribution >= 4 is 22.6 Å². The van der Waals surface area contributed by atoms with E-state index in [0.717, 1.165) is 16.6 Å². The van der Waals surface area contributed by atoms with Crippen molar-refractivity contribution in [2.45, 2.75) is 6.92 Å². The Morgan fingerprint density at radius 2 is 2.26 bits per heavy atom. The van der Waals surface area contributed by atoms with Gasteiger partial charge in [0.05, 0.1) is 23.0 Å². The first-order valence-electron chi connectivity index (χ1n) is 5.89. The first-order chi connectivity index (χ1) is 9.15. The molecular weight excluding hydrogens is 242 g/mol. The third kappa shape index (κ3) is 1.97. The number of anilines is 1. The topological polar surface area (TPSA) is 75.6 Å². The highest BCUT2D eigenvalue weighted by Crippen LogP contribution is 2.17. The van der Waals surface area contributed by atoms with Crippen LogP contribution < -0.4 is 5.32 Å². The zero-order valence-electron chi connectivity index (χ0n) is 10.6. The van der Waals surface area contributed by atoms with E-state index in [9.17, 15) is 4.79 Å². The average molecular weight is 255 g/mol. The molecule has 0 aliphatic carbocycles. The maximum absolute atomic E-state index is 12.3. The summed E-state index contributed by atoms with van der Waals surface area (Å²) in [4.78, 5) is 12.3. The highest BCUT2D eigenvalue weighted by atomic mass is 16.1. The van der Waals surface area contributed by atoms with Gasteiger partial charge in [-0.1, -0.05) is 12.1 Å². The number of hydrogen-bond acceptors (Lipinski definition) is 3. The molecule has 0 saturated carbocycles. The maximum Gasteiger partial charge on any atom is 0.258 e. The quantitative estimate of drug-likeness (QED) is 0.733. The molecule has 0 unspecified atom stereocenters. The lowest BCUT2D eigenvalue weighted by atomic mass is 10.1. The first kappa shape index (κ1) is 11.5. The van der Waals surface area contributed by atoms with Crippen LogP contribution in [-0.2, 0) is 7.05 Å². The largest absolute Gasteiger partial charge is 0.307 e. The summed E-state index contributed by atoms with van der Waals surface area (Å²) < 4.78 is 1.64. The van der Waals surface area contributed by atoms with Crippen molar-refractivity contribution in [1.29, 1.82) is 0 Å². The van der Waals surface area contributed by atoms with E-state index in [1.807, 2.05) is 25.1 Å². The number of aromatic nitrogens is 4. The van der Waals surface area contributed by atoms with Crippen LogP contribution in [0.4, 0.5) is 5.82 Å². The zero-order chi connectivity index (χ0) is 13.4. The lowest BCUT2D eigenvalue weighted by molar-refractivity contribution is 0.102. The smallest absolute Gasteiger partial charge is 0.258 e. The number of carbonyl (C=O) groups excluding carboxylic acids is 1. The molecule has 3 rings (SSSR count). The minimum Gasteiger partial charge on any atom is -0.307 e. The molecule has 19 heavy (non-hydrogen) atoms. The summed E-state index contributed by atoms with van der Waals surface area (Å²) in [6, 6.07) is 7.33. The Morgan fingerprint density at radius 1 is 1.42 bits per heavy atom. The van der Waals surface area contributed by atoms with Gasteiger partial charge in [0.25, 0.3) is 5.91 Å².